The fourth-order valence-electron chi connectivity index (χ4n) is 2.25. The maximum Gasteiger partial charge on any atom is 0.246 e. The van der Waals surface area contributed by atoms with Crippen molar-refractivity contribution < 1.29 is 13.2 Å². The minimum atomic E-state index is -3.54. The normalized spacial score (nSPS) is 25.2. The highest BCUT2D eigenvalue weighted by atomic mass is 32.2. The van der Waals surface area contributed by atoms with Crippen molar-refractivity contribution in [1.29, 1.82) is 0 Å². The Morgan fingerprint density at radius 2 is 2.00 bits per heavy atom. The lowest BCUT2D eigenvalue weighted by atomic mass is 10.3. The van der Waals surface area contributed by atoms with Gasteiger partial charge in [0.25, 0.3) is 0 Å². The van der Waals surface area contributed by atoms with E-state index < -0.39 is 10.0 Å². The van der Waals surface area contributed by atoms with E-state index in [1.54, 1.807) is 25.4 Å². The van der Waals surface area contributed by atoms with E-state index in [0.29, 0.717) is 18.9 Å². The van der Waals surface area contributed by atoms with Crippen molar-refractivity contribution >= 4 is 15.8 Å². The molecule has 7 heteroatoms. The van der Waals surface area contributed by atoms with Crippen LogP contribution in [0.4, 0.5) is 5.82 Å². The summed E-state index contributed by atoms with van der Waals surface area (Å²) in [5.74, 6) is 0.370. The Labute approximate surface area is 113 Å². The van der Waals surface area contributed by atoms with Gasteiger partial charge in [0.15, 0.2) is 0 Å². The van der Waals surface area contributed by atoms with Gasteiger partial charge in [0.2, 0.25) is 10.0 Å². The van der Waals surface area contributed by atoms with Crippen LogP contribution in [0.3, 0.4) is 0 Å². The van der Waals surface area contributed by atoms with E-state index in [1.807, 2.05) is 13.8 Å². The summed E-state index contributed by atoms with van der Waals surface area (Å²) in [5, 5.41) is 2.82. The number of anilines is 1. The van der Waals surface area contributed by atoms with Crippen LogP contribution in [0.15, 0.2) is 23.2 Å². The molecule has 106 valence electrons. The molecular weight excluding hydrogens is 266 g/mol. The molecule has 0 radical (unpaired) electrons. The van der Waals surface area contributed by atoms with Crippen LogP contribution in [0, 0.1) is 0 Å². The van der Waals surface area contributed by atoms with Crippen molar-refractivity contribution in [3.05, 3.63) is 18.3 Å². The highest BCUT2D eigenvalue weighted by Gasteiger charge is 2.33. The smallest absolute Gasteiger partial charge is 0.246 e. The van der Waals surface area contributed by atoms with Crippen LogP contribution in [-0.2, 0) is 14.8 Å². The van der Waals surface area contributed by atoms with Crippen LogP contribution < -0.4 is 5.32 Å². The van der Waals surface area contributed by atoms with Gasteiger partial charge in [0.05, 0.1) is 12.2 Å². The van der Waals surface area contributed by atoms with E-state index in [0.717, 1.165) is 0 Å². The van der Waals surface area contributed by atoms with Gasteiger partial charge in [-0.25, -0.2) is 13.4 Å². The maximum absolute atomic E-state index is 12.6. The summed E-state index contributed by atoms with van der Waals surface area (Å²) < 4.78 is 32.3. The Morgan fingerprint density at radius 3 is 2.58 bits per heavy atom. The zero-order chi connectivity index (χ0) is 14.0. The summed E-state index contributed by atoms with van der Waals surface area (Å²) in [7, 11) is -1.88. The monoisotopic (exact) mass is 285 g/mol. The Bertz CT molecular complexity index is 537. The van der Waals surface area contributed by atoms with Crippen molar-refractivity contribution in [3.63, 3.8) is 0 Å². The van der Waals surface area contributed by atoms with Crippen molar-refractivity contribution in [2.75, 3.05) is 25.5 Å². The summed E-state index contributed by atoms with van der Waals surface area (Å²) in [6.45, 7) is 4.48. The molecule has 0 aromatic carbocycles. The summed E-state index contributed by atoms with van der Waals surface area (Å²) in [6.07, 6.45) is 1.36. The summed E-state index contributed by atoms with van der Waals surface area (Å²) in [4.78, 5) is 4.26. The average molecular weight is 285 g/mol. The lowest BCUT2D eigenvalue weighted by Gasteiger charge is -2.34. The van der Waals surface area contributed by atoms with Crippen LogP contribution >= 0.6 is 0 Å². The zero-order valence-corrected chi connectivity index (χ0v) is 12.1. The second-order valence-corrected chi connectivity index (χ2v) is 6.59. The summed E-state index contributed by atoms with van der Waals surface area (Å²) in [6, 6.07) is 3.19. The molecule has 2 heterocycles. The third-order valence-electron chi connectivity index (χ3n) is 3.01. The SMILES string of the molecule is CNc1ncccc1S(=O)(=O)N1CC(C)OC(C)C1. The number of aromatic nitrogens is 1. The van der Waals surface area contributed by atoms with Crippen molar-refractivity contribution in [1.82, 2.24) is 9.29 Å². The van der Waals surface area contributed by atoms with Gasteiger partial charge in [-0.15, -0.1) is 0 Å². The fraction of sp³-hybridized carbons (Fsp3) is 0.583. The predicted octanol–water partition coefficient (Wildman–Crippen LogP) is 0.921. The maximum atomic E-state index is 12.6. The molecule has 0 amide bonds. The van der Waals surface area contributed by atoms with Gasteiger partial charge in [0.1, 0.15) is 10.7 Å². The second-order valence-electron chi connectivity index (χ2n) is 4.68. The van der Waals surface area contributed by atoms with Crippen molar-refractivity contribution in [3.8, 4) is 0 Å². The van der Waals surface area contributed by atoms with Crippen molar-refractivity contribution in [2.45, 2.75) is 31.0 Å². The predicted molar refractivity (Wildman–Crippen MR) is 72.6 cm³/mol. The molecular formula is C12H19N3O3S. The molecule has 2 atom stereocenters. The Morgan fingerprint density at radius 1 is 1.37 bits per heavy atom. The van der Waals surface area contributed by atoms with Gasteiger partial charge < -0.3 is 10.1 Å². The van der Waals surface area contributed by atoms with Gasteiger partial charge in [-0.1, -0.05) is 0 Å². The largest absolute Gasteiger partial charge is 0.373 e. The Hall–Kier alpha value is -1.18. The van der Waals surface area contributed by atoms with E-state index >= 15 is 0 Å². The standard InChI is InChI=1S/C12H19N3O3S/c1-9-7-15(8-10(2)18-9)19(16,17)11-5-4-6-14-12(11)13-3/h4-6,9-10H,7-8H2,1-3H3,(H,13,14). The molecule has 0 spiro atoms. The quantitative estimate of drug-likeness (QED) is 0.894. The minimum absolute atomic E-state index is 0.103. The molecule has 1 fully saturated rings. The molecule has 2 rings (SSSR count). The Balaban J connectivity index is 2.36. The number of hydrogen-bond acceptors (Lipinski definition) is 5. The van der Waals surface area contributed by atoms with Crippen LogP contribution in [0.1, 0.15) is 13.8 Å². The summed E-state index contributed by atoms with van der Waals surface area (Å²) >= 11 is 0. The number of morpholine rings is 1. The highest BCUT2D eigenvalue weighted by molar-refractivity contribution is 7.89. The number of sulfonamides is 1. The molecule has 1 N–H and O–H groups in total. The molecule has 0 aliphatic carbocycles. The summed E-state index contributed by atoms with van der Waals surface area (Å²) in [5.41, 5.74) is 0. The number of pyridine rings is 1. The Kier molecular flexibility index (Phi) is 4.07. The van der Waals surface area contributed by atoms with E-state index in [-0.39, 0.29) is 17.1 Å². The number of nitrogens with zero attached hydrogens (tertiary/aromatic N) is 2. The molecule has 1 saturated heterocycles. The van der Waals surface area contributed by atoms with Gasteiger partial charge in [-0.2, -0.15) is 4.31 Å². The third-order valence-corrected chi connectivity index (χ3v) is 4.87. The van der Waals surface area contributed by atoms with E-state index in [4.69, 9.17) is 4.74 Å². The first-order valence-electron chi connectivity index (χ1n) is 6.23. The lowest BCUT2D eigenvalue weighted by molar-refractivity contribution is -0.0440. The van der Waals surface area contributed by atoms with Gasteiger partial charge >= 0.3 is 0 Å². The molecule has 2 unspecified atom stereocenters. The third kappa shape index (κ3) is 2.88. The van der Waals surface area contributed by atoms with Crippen LogP contribution in [0.2, 0.25) is 0 Å². The lowest BCUT2D eigenvalue weighted by Crippen LogP contribution is -2.48. The van der Waals surface area contributed by atoms with E-state index in [2.05, 4.69) is 10.3 Å². The first kappa shape index (κ1) is 14.2. The molecule has 0 bridgehead atoms. The fourth-order valence-corrected chi connectivity index (χ4v) is 3.99. The molecule has 1 aliphatic rings. The molecule has 19 heavy (non-hydrogen) atoms. The zero-order valence-electron chi connectivity index (χ0n) is 11.3. The van der Waals surface area contributed by atoms with Gasteiger partial charge in [-0.05, 0) is 26.0 Å². The first-order chi connectivity index (χ1) is 8.95. The molecule has 1 aliphatic heterocycles. The molecule has 1 aromatic rings. The highest BCUT2D eigenvalue weighted by Crippen LogP contribution is 2.25. The van der Waals surface area contributed by atoms with Crippen LogP contribution in [-0.4, -0.2) is 50.1 Å². The molecule has 1 aromatic heterocycles. The minimum Gasteiger partial charge on any atom is -0.373 e. The number of nitrogens with one attached hydrogen (secondary N) is 1. The van der Waals surface area contributed by atoms with Crippen LogP contribution in [0.5, 0.6) is 0 Å². The molecule has 6 nitrogen and oxygen atoms in total. The van der Waals surface area contributed by atoms with E-state index in [1.165, 1.54) is 4.31 Å². The average Bonchev–Trinajstić information content (AvgIpc) is 2.37. The first-order valence-corrected chi connectivity index (χ1v) is 7.67. The topological polar surface area (TPSA) is 71.5 Å². The van der Waals surface area contributed by atoms with E-state index in [9.17, 15) is 8.42 Å². The van der Waals surface area contributed by atoms with Crippen molar-refractivity contribution in [2.24, 2.45) is 0 Å². The number of rotatable bonds is 3. The van der Waals surface area contributed by atoms with Gasteiger partial charge in [-0.3, -0.25) is 0 Å². The van der Waals surface area contributed by atoms with Crippen LogP contribution in [0.25, 0.3) is 0 Å². The number of hydrogen-bond donors (Lipinski definition) is 1. The van der Waals surface area contributed by atoms with Gasteiger partial charge in [0, 0.05) is 26.3 Å². The number of ether oxygens (including phenoxy) is 1. The second kappa shape index (κ2) is 5.44. The molecule has 0 saturated carbocycles.